The number of benzene rings is 2. The Bertz CT molecular complexity index is 1130. The number of halogens is 4. The second-order valence-corrected chi connectivity index (χ2v) is 11.8. The highest BCUT2D eigenvalue weighted by atomic mass is 19.4. The molecule has 2 aromatic carbocycles. The minimum atomic E-state index is -4.76. The fourth-order valence-electron chi connectivity index (χ4n) is 6.06. The molecule has 0 amide bonds. The van der Waals surface area contributed by atoms with Crippen LogP contribution >= 0.6 is 0 Å². The number of aliphatic imine (C=N–C) groups is 1. The third-order valence-corrected chi connectivity index (χ3v) is 6.94. The number of nitrogens with one attached hydrogen (secondary N) is 1. The molecule has 8 heteroatoms. The van der Waals surface area contributed by atoms with Crippen LogP contribution in [0, 0.1) is 23.1 Å². The summed E-state index contributed by atoms with van der Waals surface area (Å²) in [4.78, 5) is 4.84. The molecule has 0 saturated heterocycles. The molecule has 2 aliphatic rings. The largest absolute Gasteiger partial charge is 0.573 e. The van der Waals surface area contributed by atoms with Crippen molar-refractivity contribution in [3.05, 3.63) is 53.3 Å². The molecule has 1 unspecified atom stereocenters. The van der Waals surface area contributed by atoms with Crippen molar-refractivity contribution in [1.29, 1.82) is 0 Å². The summed E-state index contributed by atoms with van der Waals surface area (Å²) in [6, 6.07) is 8.78. The van der Waals surface area contributed by atoms with Crippen LogP contribution in [0.3, 0.4) is 0 Å². The Balaban J connectivity index is 1.68. The quantitative estimate of drug-likeness (QED) is 0.408. The Kier molecular flexibility index (Phi) is 6.88. The number of nitrogens with zero attached hydrogens (tertiary/aromatic N) is 1. The van der Waals surface area contributed by atoms with Gasteiger partial charge in [-0.1, -0.05) is 20.8 Å². The number of alkyl halides is 3. The molecule has 1 saturated carbocycles. The Hall–Kier alpha value is -2.61. The number of hydrogen-bond acceptors (Lipinski definition) is 4. The summed E-state index contributed by atoms with van der Waals surface area (Å²) >= 11 is 0. The zero-order chi connectivity index (χ0) is 26.5. The van der Waals surface area contributed by atoms with E-state index in [9.17, 15) is 18.3 Å². The Morgan fingerprint density at radius 3 is 2.36 bits per heavy atom. The lowest BCUT2D eigenvalue weighted by molar-refractivity contribution is -0.274. The molecule has 0 spiro atoms. The lowest BCUT2D eigenvalue weighted by Gasteiger charge is -2.42. The second kappa shape index (κ2) is 9.36. The van der Waals surface area contributed by atoms with E-state index in [-0.39, 0.29) is 35.2 Å². The Morgan fingerprint density at radius 1 is 1.11 bits per heavy atom. The van der Waals surface area contributed by atoms with Gasteiger partial charge in [0.05, 0.1) is 11.3 Å². The SMILES string of the molecule is C[C@@H]1C[C@H](C2C(Nc3ccc(OC(F)(F)F)cc3)=Nc3cc(CC(C)(C)O)c(F)cc32)CC(C)(C)C1. The van der Waals surface area contributed by atoms with E-state index in [1.807, 2.05) is 0 Å². The third kappa shape index (κ3) is 6.38. The summed E-state index contributed by atoms with van der Waals surface area (Å²) < 4.78 is 56.8. The van der Waals surface area contributed by atoms with E-state index in [4.69, 9.17) is 4.99 Å². The van der Waals surface area contributed by atoms with Crippen LogP contribution in [0.25, 0.3) is 0 Å². The number of rotatable bonds is 5. The molecule has 4 nitrogen and oxygen atoms in total. The fourth-order valence-corrected chi connectivity index (χ4v) is 6.06. The third-order valence-electron chi connectivity index (χ3n) is 6.94. The van der Waals surface area contributed by atoms with Gasteiger partial charge in [0.2, 0.25) is 0 Å². The van der Waals surface area contributed by atoms with Gasteiger partial charge in [0.15, 0.2) is 0 Å². The summed E-state index contributed by atoms with van der Waals surface area (Å²) in [6.07, 6.45) is -1.56. The minimum Gasteiger partial charge on any atom is -0.406 e. The fraction of sp³-hybridized carbons (Fsp3) is 0.536. The monoisotopic (exact) mass is 506 g/mol. The molecule has 0 aromatic heterocycles. The lowest BCUT2D eigenvalue weighted by atomic mass is 9.63. The molecule has 1 aliphatic carbocycles. The van der Waals surface area contributed by atoms with Gasteiger partial charge in [-0.15, -0.1) is 13.2 Å². The number of aliphatic hydroxyl groups is 1. The van der Waals surface area contributed by atoms with Gasteiger partial charge in [0.25, 0.3) is 0 Å². The first-order valence-electron chi connectivity index (χ1n) is 12.3. The van der Waals surface area contributed by atoms with E-state index >= 15 is 4.39 Å². The highest BCUT2D eigenvalue weighted by Gasteiger charge is 2.42. The van der Waals surface area contributed by atoms with E-state index < -0.39 is 12.0 Å². The maximum Gasteiger partial charge on any atom is 0.573 e. The average Bonchev–Trinajstić information content (AvgIpc) is 3.02. The maximum absolute atomic E-state index is 15.2. The van der Waals surface area contributed by atoms with E-state index in [2.05, 4.69) is 30.8 Å². The zero-order valence-corrected chi connectivity index (χ0v) is 21.3. The normalized spacial score (nSPS) is 23.7. The maximum atomic E-state index is 15.2. The number of hydrogen-bond donors (Lipinski definition) is 2. The van der Waals surface area contributed by atoms with Crippen LogP contribution in [-0.2, 0) is 6.42 Å². The number of amidine groups is 1. The van der Waals surface area contributed by atoms with Crippen LogP contribution in [0.5, 0.6) is 5.75 Å². The van der Waals surface area contributed by atoms with Crippen LogP contribution < -0.4 is 10.1 Å². The van der Waals surface area contributed by atoms with Crippen molar-refractivity contribution in [3.63, 3.8) is 0 Å². The number of ether oxygens (including phenoxy) is 1. The molecule has 3 atom stereocenters. The highest BCUT2D eigenvalue weighted by molar-refractivity contribution is 6.05. The summed E-state index contributed by atoms with van der Waals surface area (Å²) in [6.45, 7) is 10.0. The van der Waals surface area contributed by atoms with Crippen molar-refractivity contribution in [2.75, 3.05) is 5.32 Å². The van der Waals surface area contributed by atoms with Gasteiger partial charge in [0, 0.05) is 18.0 Å². The van der Waals surface area contributed by atoms with E-state index in [0.29, 0.717) is 28.7 Å². The molecule has 1 heterocycles. The average molecular weight is 507 g/mol. The minimum absolute atomic E-state index is 0.131. The molecular formula is C28H34F4N2O2. The molecule has 196 valence electrons. The highest BCUT2D eigenvalue weighted by Crippen LogP contribution is 2.51. The first-order chi connectivity index (χ1) is 16.6. The summed E-state index contributed by atoms with van der Waals surface area (Å²) in [5.74, 6) is 0.547. The van der Waals surface area contributed by atoms with Crippen LogP contribution in [0.15, 0.2) is 41.4 Å². The number of anilines is 1. The predicted octanol–water partition coefficient (Wildman–Crippen LogP) is 7.74. The van der Waals surface area contributed by atoms with Crippen LogP contribution in [-0.4, -0.2) is 22.9 Å². The second-order valence-electron chi connectivity index (χ2n) is 11.8. The predicted molar refractivity (Wildman–Crippen MR) is 133 cm³/mol. The van der Waals surface area contributed by atoms with Gasteiger partial charge in [-0.2, -0.15) is 0 Å². The van der Waals surface area contributed by atoms with Gasteiger partial charge >= 0.3 is 6.36 Å². The molecular weight excluding hydrogens is 472 g/mol. The summed E-state index contributed by atoms with van der Waals surface area (Å²) in [5, 5.41) is 13.5. The Morgan fingerprint density at radius 2 is 1.78 bits per heavy atom. The number of fused-ring (bicyclic) bond motifs is 1. The first-order valence-corrected chi connectivity index (χ1v) is 12.3. The van der Waals surface area contributed by atoms with Crippen molar-refractivity contribution in [2.45, 2.75) is 78.2 Å². The van der Waals surface area contributed by atoms with Gasteiger partial charge < -0.3 is 15.2 Å². The van der Waals surface area contributed by atoms with Crippen molar-refractivity contribution in [1.82, 2.24) is 0 Å². The molecule has 0 bridgehead atoms. The van der Waals surface area contributed by atoms with Gasteiger partial charge in [-0.25, -0.2) is 9.38 Å². The van der Waals surface area contributed by atoms with E-state index in [0.717, 1.165) is 24.8 Å². The van der Waals surface area contributed by atoms with Crippen molar-refractivity contribution < 1.29 is 27.4 Å². The Labute approximate surface area is 209 Å². The summed E-state index contributed by atoms with van der Waals surface area (Å²) in [5.41, 5.74) is 1.50. The molecule has 0 radical (unpaired) electrons. The standard InChI is InChI=1S/C28H34F4N2O2/c1-16-10-18(14-26(2,3)13-16)24-21-12-22(29)17(15-27(4,5)35)11-23(21)34-25(24)33-19-6-8-20(9-7-19)36-28(30,31)32/h6-9,11-12,16,18,24,35H,10,13-15H2,1-5H3,(H,33,34)/t16-,18+,24?/m1/s1. The molecule has 2 N–H and O–H groups in total. The molecule has 1 fully saturated rings. The smallest absolute Gasteiger partial charge is 0.406 e. The molecule has 2 aromatic rings. The lowest BCUT2D eigenvalue weighted by Crippen LogP contribution is -2.34. The molecule has 4 rings (SSSR count). The van der Waals surface area contributed by atoms with Gasteiger partial charge in [0.1, 0.15) is 17.4 Å². The van der Waals surface area contributed by atoms with Crippen LogP contribution in [0.2, 0.25) is 0 Å². The van der Waals surface area contributed by atoms with Crippen molar-refractivity contribution in [2.24, 2.45) is 22.2 Å². The first kappa shape index (κ1) is 26.5. The van der Waals surface area contributed by atoms with Crippen molar-refractivity contribution >= 4 is 17.2 Å². The van der Waals surface area contributed by atoms with E-state index in [1.165, 1.54) is 24.3 Å². The van der Waals surface area contributed by atoms with Crippen molar-refractivity contribution in [3.8, 4) is 5.75 Å². The van der Waals surface area contributed by atoms with Gasteiger partial charge in [-0.05, 0) is 97.9 Å². The zero-order valence-electron chi connectivity index (χ0n) is 21.3. The topological polar surface area (TPSA) is 53.8 Å². The summed E-state index contributed by atoms with van der Waals surface area (Å²) in [7, 11) is 0. The molecule has 36 heavy (non-hydrogen) atoms. The van der Waals surface area contributed by atoms with Crippen LogP contribution in [0.4, 0.5) is 28.9 Å². The van der Waals surface area contributed by atoms with Gasteiger partial charge in [-0.3, -0.25) is 0 Å². The molecule has 1 aliphatic heterocycles. The van der Waals surface area contributed by atoms with E-state index in [1.54, 1.807) is 26.0 Å². The van der Waals surface area contributed by atoms with Crippen LogP contribution in [0.1, 0.15) is 70.9 Å².